The smallest absolute Gasteiger partial charge is 0.307 e. The minimum atomic E-state index is -0.804. The van der Waals surface area contributed by atoms with Gasteiger partial charge in [0.25, 0.3) is 5.91 Å². The van der Waals surface area contributed by atoms with Crippen LogP contribution in [0, 0.1) is 0 Å². The molecule has 1 fully saturated rings. The summed E-state index contributed by atoms with van der Waals surface area (Å²) in [6.07, 6.45) is 1.36. The number of hydrogen-bond donors (Lipinski definition) is 2. The van der Waals surface area contributed by atoms with Crippen LogP contribution in [-0.2, 0) is 25.5 Å². The summed E-state index contributed by atoms with van der Waals surface area (Å²) in [5.41, 5.74) is 0.858. The lowest BCUT2D eigenvalue weighted by molar-refractivity contribution is -0.166. The van der Waals surface area contributed by atoms with E-state index in [4.69, 9.17) is 4.74 Å². The molecule has 22 heavy (non-hydrogen) atoms. The Morgan fingerprint density at radius 3 is 2.64 bits per heavy atom. The van der Waals surface area contributed by atoms with Gasteiger partial charge in [0, 0.05) is 6.42 Å². The minimum Gasteiger partial charge on any atom is -0.439 e. The number of β-lactam (4-membered cyclic amide) rings is 1. The molecule has 1 saturated heterocycles. The van der Waals surface area contributed by atoms with Crippen molar-refractivity contribution in [1.82, 2.24) is 10.6 Å². The molecule has 1 aliphatic heterocycles. The zero-order valence-corrected chi connectivity index (χ0v) is 12.5. The van der Waals surface area contributed by atoms with Crippen LogP contribution >= 0.6 is 0 Å². The largest absolute Gasteiger partial charge is 0.439 e. The number of carbonyl (C=O) groups is 3. The highest BCUT2D eigenvalue weighted by Crippen LogP contribution is 2.11. The fourth-order valence-electron chi connectivity index (χ4n) is 2.12. The molecular formula is C16H20N2O4. The average Bonchev–Trinajstić information content (AvgIpc) is 2.51. The van der Waals surface area contributed by atoms with Gasteiger partial charge in [-0.05, 0) is 12.0 Å². The highest BCUT2D eigenvalue weighted by molar-refractivity contribution is 5.94. The molecule has 6 heteroatoms. The molecule has 0 spiro atoms. The lowest BCUT2D eigenvalue weighted by atomic mass is 10.1. The molecule has 6 nitrogen and oxygen atoms in total. The van der Waals surface area contributed by atoms with Crippen LogP contribution in [0.5, 0.6) is 0 Å². The van der Waals surface area contributed by atoms with Gasteiger partial charge < -0.3 is 15.4 Å². The molecule has 2 atom stereocenters. The number of carbonyl (C=O) groups excluding carboxylic acids is 3. The zero-order chi connectivity index (χ0) is 15.9. The van der Waals surface area contributed by atoms with Crippen molar-refractivity contribution in [3.63, 3.8) is 0 Å². The first kappa shape index (κ1) is 16.0. The number of benzene rings is 1. The van der Waals surface area contributed by atoms with E-state index in [2.05, 4.69) is 10.6 Å². The summed E-state index contributed by atoms with van der Waals surface area (Å²) < 4.78 is 5.14. The maximum Gasteiger partial charge on any atom is 0.307 e. The van der Waals surface area contributed by atoms with E-state index >= 15 is 0 Å². The summed E-state index contributed by atoms with van der Waals surface area (Å²) >= 11 is 0. The summed E-state index contributed by atoms with van der Waals surface area (Å²) in [4.78, 5) is 35.0. The molecule has 1 aromatic carbocycles. The highest BCUT2D eigenvalue weighted by Gasteiger charge is 2.43. The van der Waals surface area contributed by atoms with Crippen molar-refractivity contribution in [3.8, 4) is 0 Å². The Morgan fingerprint density at radius 2 is 2.00 bits per heavy atom. The fraction of sp³-hybridized carbons (Fsp3) is 0.438. The number of nitrogens with one attached hydrogen (secondary N) is 2. The van der Waals surface area contributed by atoms with Crippen LogP contribution in [0.25, 0.3) is 0 Å². The maximum absolute atomic E-state index is 11.9. The zero-order valence-electron chi connectivity index (χ0n) is 12.5. The molecule has 2 N–H and O–H groups in total. The third-order valence-electron chi connectivity index (χ3n) is 3.39. The summed E-state index contributed by atoms with van der Waals surface area (Å²) in [6.45, 7) is 1.98. The second kappa shape index (κ2) is 7.59. The Morgan fingerprint density at radius 1 is 1.27 bits per heavy atom. The highest BCUT2D eigenvalue weighted by atomic mass is 16.6. The van der Waals surface area contributed by atoms with E-state index in [0.717, 1.165) is 18.4 Å². The van der Waals surface area contributed by atoms with Crippen LogP contribution in [0.4, 0.5) is 0 Å². The van der Waals surface area contributed by atoms with Crippen molar-refractivity contribution in [2.45, 2.75) is 44.9 Å². The molecule has 118 valence electrons. The second-order valence-corrected chi connectivity index (χ2v) is 5.23. The van der Waals surface area contributed by atoms with Gasteiger partial charge in [0.1, 0.15) is 0 Å². The predicted molar refractivity (Wildman–Crippen MR) is 79.6 cm³/mol. The van der Waals surface area contributed by atoms with Crippen molar-refractivity contribution >= 4 is 17.8 Å². The van der Waals surface area contributed by atoms with Gasteiger partial charge in [0.15, 0.2) is 6.04 Å². The van der Waals surface area contributed by atoms with E-state index in [0.29, 0.717) is 6.42 Å². The number of hydrogen-bond acceptors (Lipinski definition) is 4. The molecule has 1 heterocycles. The molecule has 0 saturated carbocycles. The van der Waals surface area contributed by atoms with Gasteiger partial charge in [-0.15, -0.1) is 0 Å². The Bertz CT molecular complexity index is 544. The van der Waals surface area contributed by atoms with Crippen LogP contribution < -0.4 is 10.6 Å². The molecule has 0 bridgehead atoms. The van der Waals surface area contributed by atoms with Crippen molar-refractivity contribution in [2.75, 3.05) is 0 Å². The maximum atomic E-state index is 11.9. The lowest BCUT2D eigenvalue weighted by Crippen LogP contribution is -2.70. The molecular weight excluding hydrogens is 284 g/mol. The van der Waals surface area contributed by atoms with E-state index in [-0.39, 0.29) is 24.2 Å². The summed E-state index contributed by atoms with van der Waals surface area (Å²) in [5, 5.41) is 5.07. The third-order valence-corrected chi connectivity index (χ3v) is 3.39. The Hall–Kier alpha value is -2.37. The van der Waals surface area contributed by atoms with Crippen LogP contribution in [0.1, 0.15) is 31.7 Å². The van der Waals surface area contributed by atoms with Crippen LogP contribution in [0.2, 0.25) is 0 Å². The van der Waals surface area contributed by atoms with Crippen molar-refractivity contribution in [2.24, 2.45) is 0 Å². The SMILES string of the molecule is CCCCC(=O)O[C@H]1NC(=O)[C@H]1NC(=O)Cc1ccccc1. The number of ether oxygens (including phenoxy) is 1. The first-order valence-corrected chi connectivity index (χ1v) is 7.43. The summed E-state index contributed by atoms with van der Waals surface area (Å²) in [7, 11) is 0. The summed E-state index contributed by atoms with van der Waals surface area (Å²) in [6, 6.07) is 8.42. The second-order valence-electron chi connectivity index (χ2n) is 5.23. The monoisotopic (exact) mass is 304 g/mol. The molecule has 1 aromatic rings. The van der Waals surface area contributed by atoms with Crippen LogP contribution in [-0.4, -0.2) is 30.1 Å². The normalized spacial score (nSPS) is 19.8. The van der Waals surface area contributed by atoms with Crippen molar-refractivity contribution in [1.29, 1.82) is 0 Å². The van der Waals surface area contributed by atoms with Gasteiger partial charge >= 0.3 is 5.97 Å². The first-order chi connectivity index (χ1) is 10.6. The standard InChI is InChI=1S/C16H20N2O4/c1-2-3-9-13(20)22-16-14(15(21)18-16)17-12(19)10-11-7-5-4-6-8-11/h4-8,14,16H,2-3,9-10H2,1H3,(H,17,19)(H,18,21)/t14-,16-/m1/s1. The lowest BCUT2D eigenvalue weighted by Gasteiger charge is -2.36. The first-order valence-electron chi connectivity index (χ1n) is 7.43. The van der Waals surface area contributed by atoms with E-state index < -0.39 is 12.3 Å². The molecule has 0 radical (unpaired) electrons. The van der Waals surface area contributed by atoms with Gasteiger partial charge in [0.2, 0.25) is 12.1 Å². The molecule has 2 amide bonds. The van der Waals surface area contributed by atoms with Gasteiger partial charge in [-0.3, -0.25) is 14.4 Å². The predicted octanol–water partition coefficient (Wildman–Crippen LogP) is 0.903. The molecule has 0 aromatic heterocycles. The van der Waals surface area contributed by atoms with E-state index in [1.54, 1.807) is 0 Å². The molecule has 1 aliphatic rings. The fourth-order valence-corrected chi connectivity index (χ4v) is 2.12. The Balaban J connectivity index is 1.81. The van der Waals surface area contributed by atoms with E-state index in [1.807, 2.05) is 37.3 Å². The van der Waals surface area contributed by atoms with Crippen molar-refractivity contribution in [3.05, 3.63) is 35.9 Å². The topological polar surface area (TPSA) is 84.5 Å². The van der Waals surface area contributed by atoms with E-state index in [9.17, 15) is 14.4 Å². The van der Waals surface area contributed by atoms with Gasteiger partial charge in [-0.1, -0.05) is 43.7 Å². The minimum absolute atomic E-state index is 0.182. The average molecular weight is 304 g/mol. The molecule has 0 unspecified atom stereocenters. The number of rotatable bonds is 7. The van der Waals surface area contributed by atoms with Crippen LogP contribution in [0.15, 0.2) is 30.3 Å². The molecule has 0 aliphatic carbocycles. The van der Waals surface area contributed by atoms with Gasteiger partial charge in [-0.25, -0.2) is 0 Å². The van der Waals surface area contributed by atoms with Crippen LogP contribution in [0.3, 0.4) is 0 Å². The molecule has 2 rings (SSSR count). The van der Waals surface area contributed by atoms with Gasteiger partial charge in [-0.2, -0.15) is 0 Å². The number of esters is 1. The number of amides is 2. The Kier molecular flexibility index (Phi) is 5.52. The van der Waals surface area contributed by atoms with Gasteiger partial charge in [0.05, 0.1) is 6.42 Å². The summed E-state index contributed by atoms with van der Waals surface area (Å²) in [5.74, 6) is -0.982. The Labute approximate surface area is 129 Å². The number of unbranched alkanes of at least 4 members (excludes halogenated alkanes) is 1. The third kappa shape index (κ3) is 4.31. The van der Waals surface area contributed by atoms with Crippen molar-refractivity contribution < 1.29 is 19.1 Å². The van der Waals surface area contributed by atoms with E-state index in [1.165, 1.54) is 0 Å². The quantitative estimate of drug-likeness (QED) is 0.579.